The molecule has 0 fully saturated rings. The second-order valence-electron chi connectivity index (χ2n) is 5.62. The number of ether oxygens (including phenoxy) is 2. The molecule has 2 heterocycles. The predicted octanol–water partition coefficient (Wildman–Crippen LogP) is 2.91. The smallest absolute Gasteiger partial charge is 0.433 e. The molecule has 10 nitrogen and oxygen atoms in total. The van der Waals surface area contributed by atoms with Crippen LogP contribution in [0, 0.1) is 10.1 Å². The van der Waals surface area contributed by atoms with Gasteiger partial charge in [0.15, 0.2) is 4.80 Å². The van der Waals surface area contributed by atoms with Gasteiger partial charge in [-0.1, -0.05) is 17.4 Å². The topological polar surface area (TPSA) is 126 Å². The van der Waals surface area contributed by atoms with Crippen molar-refractivity contribution in [1.82, 2.24) is 4.57 Å². The lowest BCUT2D eigenvalue weighted by Gasteiger charge is -2.09. The summed E-state index contributed by atoms with van der Waals surface area (Å²) in [4.78, 5) is 38.8. The number of amides is 1. The van der Waals surface area contributed by atoms with E-state index in [0.29, 0.717) is 17.9 Å². The Bertz CT molecular complexity index is 1140. The first kappa shape index (κ1) is 20.3. The Morgan fingerprint density at radius 1 is 1.24 bits per heavy atom. The number of hydrogen-bond donors (Lipinski definition) is 0. The van der Waals surface area contributed by atoms with E-state index in [2.05, 4.69) is 4.99 Å². The van der Waals surface area contributed by atoms with Gasteiger partial charge >= 0.3 is 17.8 Å². The van der Waals surface area contributed by atoms with Crippen molar-refractivity contribution >= 4 is 39.3 Å². The Balaban J connectivity index is 2.13. The highest BCUT2D eigenvalue weighted by Gasteiger charge is 2.19. The molecule has 0 saturated carbocycles. The van der Waals surface area contributed by atoms with E-state index < -0.39 is 22.7 Å². The second kappa shape index (κ2) is 8.69. The minimum Gasteiger partial charge on any atom is -0.492 e. The van der Waals surface area contributed by atoms with Crippen molar-refractivity contribution in [3.8, 4) is 5.75 Å². The fourth-order valence-corrected chi connectivity index (χ4v) is 3.67. The highest BCUT2D eigenvalue weighted by Crippen LogP contribution is 2.28. The fraction of sp³-hybridized carbons (Fsp3) is 0.278. The van der Waals surface area contributed by atoms with Gasteiger partial charge in [0.25, 0.3) is 0 Å². The lowest BCUT2D eigenvalue weighted by atomic mass is 10.3. The van der Waals surface area contributed by atoms with Crippen LogP contribution < -0.4 is 9.54 Å². The van der Waals surface area contributed by atoms with Crippen molar-refractivity contribution in [3.63, 3.8) is 0 Å². The number of carbonyl (C=O) groups excluding carboxylic acids is 2. The number of benzene rings is 1. The maximum atomic E-state index is 12.5. The maximum Gasteiger partial charge on any atom is 0.433 e. The molecule has 11 heteroatoms. The van der Waals surface area contributed by atoms with E-state index in [1.165, 1.54) is 22.0 Å². The van der Waals surface area contributed by atoms with Crippen molar-refractivity contribution in [2.75, 3.05) is 13.2 Å². The summed E-state index contributed by atoms with van der Waals surface area (Å²) in [5.41, 5.74) is 0.601. The van der Waals surface area contributed by atoms with E-state index in [0.717, 1.165) is 10.8 Å². The third-order valence-corrected chi connectivity index (χ3v) is 4.78. The summed E-state index contributed by atoms with van der Waals surface area (Å²) >= 11 is 1.17. The number of aromatic nitrogens is 1. The number of carbonyl (C=O) groups is 2. The minimum atomic E-state index is -0.805. The number of nitrogens with zero attached hydrogens (tertiary/aromatic N) is 3. The minimum absolute atomic E-state index is 0.178. The predicted molar refractivity (Wildman–Crippen MR) is 103 cm³/mol. The number of rotatable bonds is 7. The quantitative estimate of drug-likeness (QED) is 0.327. The first-order valence-electron chi connectivity index (χ1n) is 8.68. The van der Waals surface area contributed by atoms with Crippen molar-refractivity contribution in [1.29, 1.82) is 0 Å². The van der Waals surface area contributed by atoms with Crippen LogP contribution >= 0.6 is 11.3 Å². The van der Waals surface area contributed by atoms with Crippen LogP contribution in [0.4, 0.5) is 5.88 Å². The number of furan rings is 1. The van der Waals surface area contributed by atoms with Crippen LogP contribution in [0.25, 0.3) is 10.2 Å². The maximum absolute atomic E-state index is 12.5. The van der Waals surface area contributed by atoms with Gasteiger partial charge in [0, 0.05) is 0 Å². The van der Waals surface area contributed by atoms with Crippen molar-refractivity contribution in [2.24, 2.45) is 4.99 Å². The van der Waals surface area contributed by atoms with Gasteiger partial charge in [-0.25, -0.2) is 0 Å². The molecule has 3 aromatic rings. The van der Waals surface area contributed by atoms with Crippen LogP contribution in [0.1, 0.15) is 24.4 Å². The lowest BCUT2D eigenvalue weighted by molar-refractivity contribution is -0.402. The fourth-order valence-electron chi connectivity index (χ4n) is 2.62. The molecule has 3 rings (SSSR count). The van der Waals surface area contributed by atoms with Crippen molar-refractivity contribution in [2.45, 2.75) is 20.4 Å². The summed E-state index contributed by atoms with van der Waals surface area (Å²) in [7, 11) is 0. The van der Waals surface area contributed by atoms with Gasteiger partial charge in [0.05, 0.1) is 24.0 Å². The Labute approximate surface area is 168 Å². The number of fused-ring (bicyclic) bond motifs is 1. The van der Waals surface area contributed by atoms with Crippen LogP contribution in [0.3, 0.4) is 0 Å². The molecule has 1 aromatic carbocycles. The SMILES string of the molecule is CCOC(=O)Cn1c(=NC(=O)c2ccc([N+](=O)[O-])o2)sc2cccc(OCC)c21. The van der Waals surface area contributed by atoms with Gasteiger partial charge in [0.2, 0.25) is 5.76 Å². The van der Waals surface area contributed by atoms with Crippen LogP contribution in [-0.2, 0) is 16.1 Å². The van der Waals surface area contributed by atoms with Crippen LogP contribution in [-0.4, -0.2) is 34.6 Å². The third-order valence-electron chi connectivity index (χ3n) is 3.74. The highest BCUT2D eigenvalue weighted by atomic mass is 32.1. The van der Waals surface area contributed by atoms with Gasteiger partial charge in [-0.15, -0.1) is 0 Å². The number of esters is 1. The van der Waals surface area contributed by atoms with E-state index >= 15 is 0 Å². The zero-order valence-electron chi connectivity index (χ0n) is 15.6. The molecule has 0 atom stereocenters. The first-order chi connectivity index (χ1) is 13.9. The van der Waals surface area contributed by atoms with Gasteiger partial charge in [-0.05, 0) is 32.0 Å². The Kier molecular flexibility index (Phi) is 6.07. The Hall–Kier alpha value is -3.47. The van der Waals surface area contributed by atoms with Gasteiger partial charge in [-0.3, -0.25) is 19.7 Å². The van der Waals surface area contributed by atoms with E-state index in [4.69, 9.17) is 13.9 Å². The Morgan fingerprint density at radius 3 is 2.69 bits per heavy atom. The summed E-state index contributed by atoms with van der Waals surface area (Å²) in [5.74, 6) is -1.60. The molecule has 1 amide bonds. The molecule has 0 aliphatic rings. The molecule has 0 spiro atoms. The first-order valence-corrected chi connectivity index (χ1v) is 9.50. The summed E-state index contributed by atoms with van der Waals surface area (Å²) in [6.45, 7) is 3.97. The molecule has 0 radical (unpaired) electrons. The van der Waals surface area contributed by atoms with E-state index in [1.807, 2.05) is 13.0 Å². The number of nitro groups is 1. The highest BCUT2D eigenvalue weighted by molar-refractivity contribution is 7.16. The van der Waals surface area contributed by atoms with Crippen LogP contribution in [0.2, 0.25) is 0 Å². The average molecular weight is 419 g/mol. The lowest BCUT2D eigenvalue weighted by Crippen LogP contribution is -2.23. The average Bonchev–Trinajstić information content (AvgIpc) is 3.29. The molecule has 0 unspecified atom stereocenters. The Morgan fingerprint density at radius 2 is 2.03 bits per heavy atom. The molecule has 0 bridgehead atoms. The van der Waals surface area contributed by atoms with E-state index in [9.17, 15) is 19.7 Å². The van der Waals surface area contributed by atoms with E-state index in [1.54, 1.807) is 19.1 Å². The molecule has 2 aromatic heterocycles. The standard InChI is InChI=1S/C18H17N3O7S/c1-3-26-11-6-5-7-13-16(11)20(10-15(22)27-4-2)18(29-13)19-17(23)12-8-9-14(28-12)21(24)25/h5-9H,3-4,10H2,1-2H3. The van der Waals surface area contributed by atoms with Gasteiger partial charge < -0.3 is 18.5 Å². The van der Waals surface area contributed by atoms with E-state index in [-0.39, 0.29) is 23.7 Å². The molecule has 0 aliphatic carbocycles. The second-order valence-corrected chi connectivity index (χ2v) is 6.63. The van der Waals surface area contributed by atoms with Crippen LogP contribution in [0.15, 0.2) is 39.7 Å². The molecular weight excluding hydrogens is 402 g/mol. The normalized spacial score (nSPS) is 11.6. The molecule has 0 N–H and O–H groups in total. The summed E-state index contributed by atoms with van der Waals surface area (Å²) in [6.07, 6.45) is 0. The molecular formula is C18H17N3O7S. The van der Waals surface area contributed by atoms with Crippen molar-refractivity contribution < 1.29 is 28.4 Å². The molecule has 152 valence electrons. The summed E-state index contributed by atoms with van der Waals surface area (Å²) in [5, 5.41) is 10.8. The van der Waals surface area contributed by atoms with Gasteiger partial charge in [-0.2, -0.15) is 4.99 Å². The zero-order chi connectivity index (χ0) is 21.0. The molecule has 0 aliphatic heterocycles. The van der Waals surface area contributed by atoms with Gasteiger partial charge in [0.1, 0.15) is 22.7 Å². The number of para-hydroxylation sites is 1. The number of thiazole rings is 1. The summed E-state index contributed by atoms with van der Waals surface area (Å²) < 4.78 is 17.9. The summed E-state index contributed by atoms with van der Waals surface area (Å²) in [6, 6.07) is 7.61. The number of hydrogen-bond acceptors (Lipinski definition) is 8. The van der Waals surface area contributed by atoms with Crippen LogP contribution in [0.5, 0.6) is 5.75 Å². The monoisotopic (exact) mass is 419 g/mol. The molecule has 0 saturated heterocycles. The third kappa shape index (κ3) is 4.35. The molecule has 29 heavy (non-hydrogen) atoms. The largest absolute Gasteiger partial charge is 0.492 e. The van der Waals surface area contributed by atoms with Crippen molar-refractivity contribution in [3.05, 3.63) is 51.0 Å². The zero-order valence-corrected chi connectivity index (χ0v) is 16.4.